The van der Waals surface area contributed by atoms with Crippen molar-refractivity contribution in [3.8, 4) is 39.2 Å². The lowest BCUT2D eigenvalue weighted by molar-refractivity contribution is 1.04. The summed E-state index contributed by atoms with van der Waals surface area (Å²) in [6.07, 6.45) is 1.84. The summed E-state index contributed by atoms with van der Waals surface area (Å²) < 4.78 is 2.31. The first-order chi connectivity index (χ1) is 22.8. The molecule has 0 bridgehead atoms. The predicted molar refractivity (Wildman–Crippen MR) is 190 cm³/mol. The van der Waals surface area contributed by atoms with Gasteiger partial charge in [-0.15, -0.1) is 0 Å². The number of fused-ring (bicyclic) bond motifs is 1. The summed E-state index contributed by atoms with van der Waals surface area (Å²) >= 11 is 0. The number of rotatable bonds is 7. The molecule has 0 radical (unpaired) electrons. The summed E-state index contributed by atoms with van der Waals surface area (Å²) in [4.78, 5) is 12.4. The Morgan fingerprint density at radius 1 is 0.457 bits per heavy atom. The van der Waals surface area contributed by atoms with Crippen molar-refractivity contribution in [3.63, 3.8) is 0 Å². The van der Waals surface area contributed by atoms with E-state index in [4.69, 9.17) is 4.98 Å². The van der Waals surface area contributed by atoms with Gasteiger partial charge in [0.25, 0.3) is 0 Å². The zero-order chi connectivity index (χ0) is 30.7. The Kier molecular flexibility index (Phi) is 7.14. The minimum atomic E-state index is 0.809. The molecule has 0 aliphatic heterocycles. The molecule has 0 atom stereocenters. The van der Waals surface area contributed by atoms with Gasteiger partial charge in [0.1, 0.15) is 0 Å². The van der Waals surface area contributed by atoms with E-state index in [1.165, 1.54) is 0 Å². The van der Waals surface area contributed by atoms with Gasteiger partial charge in [-0.25, -0.2) is 4.98 Å². The van der Waals surface area contributed by atoms with Gasteiger partial charge in [-0.2, -0.15) is 0 Å². The number of pyridine rings is 1. The average Bonchev–Trinajstić information content (AvgIpc) is 3.52. The summed E-state index contributed by atoms with van der Waals surface area (Å²) in [5, 5.41) is 0. The molecule has 2 aromatic heterocycles. The SMILES string of the molecule is c1ccc(-c2ccccc2-n2c(N(c3ccccc3)c3ccccc3)nc3c(-c4cccc(-c5ccccn5)c4)cccc32)cc1. The van der Waals surface area contributed by atoms with Crippen LogP contribution in [0.2, 0.25) is 0 Å². The van der Waals surface area contributed by atoms with E-state index in [0.29, 0.717) is 0 Å². The smallest absolute Gasteiger partial charge is 0.220 e. The van der Waals surface area contributed by atoms with Crippen LogP contribution in [0.25, 0.3) is 50.2 Å². The van der Waals surface area contributed by atoms with Crippen LogP contribution in [0.3, 0.4) is 0 Å². The molecule has 0 aliphatic carbocycles. The van der Waals surface area contributed by atoms with E-state index in [0.717, 1.165) is 67.6 Å². The second kappa shape index (κ2) is 12.0. The van der Waals surface area contributed by atoms with E-state index in [1.807, 2.05) is 36.5 Å². The van der Waals surface area contributed by atoms with Crippen molar-refractivity contribution in [1.29, 1.82) is 0 Å². The van der Waals surface area contributed by atoms with Crippen LogP contribution in [-0.4, -0.2) is 14.5 Å². The molecule has 0 unspecified atom stereocenters. The van der Waals surface area contributed by atoms with Gasteiger partial charge in [0.15, 0.2) is 0 Å². The van der Waals surface area contributed by atoms with Crippen LogP contribution in [0.5, 0.6) is 0 Å². The number of hydrogen-bond donors (Lipinski definition) is 0. The van der Waals surface area contributed by atoms with Crippen molar-refractivity contribution in [1.82, 2.24) is 14.5 Å². The van der Waals surface area contributed by atoms with Gasteiger partial charge in [-0.05, 0) is 65.7 Å². The number of hydrogen-bond acceptors (Lipinski definition) is 3. The van der Waals surface area contributed by atoms with Crippen LogP contribution >= 0.6 is 0 Å². The largest absolute Gasteiger partial charge is 0.280 e. The Hall–Kier alpha value is -6.26. The second-order valence-corrected chi connectivity index (χ2v) is 11.1. The molecule has 4 nitrogen and oxygen atoms in total. The molecule has 4 heteroatoms. The molecule has 218 valence electrons. The highest BCUT2D eigenvalue weighted by molar-refractivity contribution is 5.97. The lowest BCUT2D eigenvalue weighted by atomic mass is 10.00. The van der Waals surface area contributed by atoms with E-state index in [9.17, 15) is 0 Å². The van der Waals surface area contributed by atoms with Gasteiger partial charge in [-0.1, -0.05) is 121 Å². The summed E-state index contributed by atoms with van der Waals surface area (Å²) in [7, 11) is 0. The summed E-state index contributed by atoms with van der Waals surface area (Å²) in [5.41, 5.74) is 11.5. The number of aromatic nitrogens is 3. The molecule has 8 rings (SSSR count). The number of anilines is 3. The number of para-hydroxylation sites is 4. The van der Waals surface area contributed by atoms with E-state index >= 15 is 0 Å². The molecule has 0 saturated carbocycles. The highest BCUT2D eigenvalue weighted by Gasteiger charge is 2.24. The van der Waals surface area contributed by atoms with Crippen LogP contribution in [0, 0.1) is 0 Å². The fraction of sp³-hybridized carbons (Fsp3) is 0. The second-order valence-electron chi connectivity index (χ2n) is 11.1. The van der Waals surface area contributed by atoms with E-state index in [-0.39, 0.29) is 0 Å². The predicted octanol–water partition coefficient (Wildman–Crippen LogP) is 10.9. The summed E-state index contributed by atoms with van der Waals surface area (Å²) in [6, 6.07) is 61.2. The van der Waals surface area contributed by atoms with Gasteiger partial charge < -0.3 is 0 Å². The van der Waals surface area contributed by atoms with Crippen molar-refractivity contribution in [2.45, 2.75) is 0 Å². The van der Waals surface area contributed by atoms with Gasteiger partial charge in [0.05, 0.1) is 22.4 Å². The molecular formula is C42H30N4. The zero-order valence-corrected chi connectivity index (χ0v) is 25.1. The zero-order valence-electron chi connectivity index (χ0n) is 25.1. The Morgan fingerprint density at radius 2 is 1.04 bits per heavy atom. The molecule has 0 fully saturated rings. The molecule has 0 aliphatic rings. The van der Waals surface area contributed by atoms with Crippen LogP contribution in [-0.2, 0) is 0 Å². The molecule has 2 heterocycles. The third kappa shape index (κ3) is 5.02. The van der Waals surface area contributed by atoms with Crippen LogP contribution < -0.4 is 4.90 Å². The Balaban J connectivity index is 1.43. The first-order valence-electron chi connectivity index (χ1n) is 15.4. The Bertz CT molecular complexity index is 2200. The van der Waals surface area contributed by atoms with Gasteiger partial charge in [0, 0.05) is 34.3 Å². The van der Waals surface area contributed by atoms with E-state index < -0.39 is 0 Å². The standard InChI is InChI=1S/C42H30N4/c1-4-16-31(17-5-1)36-24-10-11-27-39(36)46-40-28-15-25-37(32-18-14-19-33(30-32)38-26-12-13-29-43-38)41(40)44-42(46)45(34-20-6-2-7-21-34)35-22-8-3-9-23-35/h1-30H. The van der Waals surface area contributed by atoms with Crippen molar-refractivity contribution >= 4 is 28.4 Å². The Labute approximate surface area is 268 Å². The fourth-order valence-corrected chi connectivity index (χ4v) is 6.15. The number of nitrogens with zero attached hydrogens (tertiary/aromatic N) is 4. The molecule has 46 heavy (non-hydrogen) atoms. The van der Waals surface area contributed by atoms with Crippen molar-refractivity contribution in [2.24, 2.45) is 0 Å². The quantitative estimate of drug-likeness (QED) is 0.185. The third-order valence-corrected chi connectivity index (χ3v) is 8.26. The topological polar surface area (TPSA) is 34.0 Å². The molecular weight excluding hydrogens is 560 g/mol. The Morgan fingerprint density at radius 3 is 1.76 bits per heavy atom. The molecule has 6 aromatic carbocycles. The van der Waals surface area contributed by atoms with E-state index in [1.54, 1.807) is 0 Å². The minimum absolute atomic E-state index is 0.809. The fourth-order valence-electron chi connectivity index (χ4n) is 6.15. The van der Waals surface area contributed by atoms with Crippen LogP contribution in [0.15, 0.2) is 182 Å². The van der Waals surface area contributed by atoms with Crippen LogP contribution in [0.1, 0.15) is 0 Å². The van der Waals surface area contributed by atoms with Gasteiger partial charge in [0.2, 0.25) is 5.95 Å². The molecule has 0 saturated heterocycles. The average molecular weight is 591 g/mol. The molecule has 0 N–H and O–H groups in total. The van der Waals surface area contributed by atoms with E-state index in [2.05, 4.69) is 160 Å². The first-order valence-corrected chi connectivity index (χ1v) is 15.4. The van der Waals surface area contributed by atoms with Crippen molar-refractivity contribution in [3.05, 3.63) is 182 Å². The number of benzene rings is 6. The molecule has 0 amide bonds. The normalized spacial score (nSPS) is 11.0. The highest BCUT2D eigenvalue weighted by atomic mass is 15.3. The minimum Gasteiger partial charge on any atom is -0.280 e. The van der Waals surface area contributed by atoms with Crippen molar-refractivity contribution < 1.29 is 0 Å². The van der Waals surface area contributed by atoms with Crippen LogP contribution in [0.4, 0.5) is 17.3 Å². The molecule has 8 aromatic rings. The first kappa shape index (κ1) is 27.3. The van der Waals surface area contributed by atoms with Gasteiger partial charge >= 0.3 is 0 Å². The third-order valence-electron chi connectivity index (χ3n) is 8.26. The number of imidazole rings is 1. The lowest BCUT2D eigenvalue weighted by Gasteiger charge is -2.26. The summed E-state index contributed by atoms with van der Waals surface area (Å²) in [6.45, 7) is 0. The molecule has 0 spiro atoms. The highest BCUT2D eigenvalue weighted by Crippen LogP contribution is 2.42. The summed E-state index contributed by atoms with van der Waals surface area (Å²) in [5.74, 6) is 0.809. The lowest BCUT2D eigenvalue weighted by Crippen LogP contribution is -2.15. The maximum Gasteiger partial charge on any atom is 0.220 e. The monoisotopic (exact) mass is 590 g/mol. The maximum atomic E-state index is 5.53. The maximum absolute atomic E-state index is 5.53. The van der Waals surface area contributed by atoms with Crippen molar-refractivity contribution in [2.75, 3.05) is 4.90 Å². The van der Waals surface area contributed by atoms with Gasteiger partial charge in [-0.3, -0.25) is 14.5 Å².